The number of carbonyl (C=O) groups excluding carboxylic acids is 1. The second-order valence-corrected chi connectivity index (χ2v) is 7.09. The zero-order valence-electron chi connectivity index (χ0n) is 11.2. The number of ether oxygens (including phenoxy) is 1. The van der Waals surface area contributed by atoms with Crippen LogP contribution in [0.3, 0.4) is 0 Å². The summed E-state index contributed by atoms with van der Waals surface area (Å²) in [5.41, 5.74) is -0.703. The van der Waals surface area contributed by atoms with Gasteiger partial charge in [0.25, 0.3) is 0 Å². The molecule has 0 atom stereocenters. The molecule has 0 fully saturated rings. The number of aromatic hydroxyl groups is 1. The first-order valence-corrected chi connectivity index (χ1v) is 7.41. The van der Waals surface area contributed by atoms with E-state index in [0.29, 0.717) is 0 Å². The van der Waals surface area contributed by atoms with E-state index in [1.807, 2.05) is 0 Å². The fraction of sp³-hybridized carbons (Fsp3) is 0.417. The third-order valence-electron chi connectivity index (χ3n) is 2.03. The van der Waals surface area contributed by atoms with Gasteiger partial charge < -0.3 is 9.84 Å². The summed E-state index contributed by atoms with van der Waals surface area (Å²) in [5.74, 6) is -0.238. The topological polar surface area (TPSA) is 92.7 Å². The first-order chi connectivity index (χ1) is 8.49. The molecule has 2 N–H and O–H groups in total. The van der Waals surface area contributed by atoms with Crippen LogP contribution in [-0.4, -0.2) is 31.5 Å². The molecule has 0 unspecified atom stereocenters. The minimum absolute atomic E-state index is 0.00337. The summed E-state index contributed by atoms with van der Waals surface area (Å²) in [7, 11) is -3.42. The predicted molar refractivity (Wildman–Crippen MR) is 71.1 cm³/mol. The maximum Gasteiger partial charge on any atom is 0.412 e. The lowest BCUT2D eigenvalue weighted by atomic mass is 10.2. The molecule has 0 aliphatic carbocycles. The Morgan fingerprint density at radius 1 is 1.32 bits per heavy atom. The van der Waals surface area contributed by atoms with Crippen LogP contribution >= 0.6 is 0 Å². The minimum Gasteiger partial charge on any atom is -0.506 e. The summed E-state index contributed by atoms with van der Waals surface area (Å²) in [6.07, 6.45) is 0.268. The van der Waals surface area contributed by atoms with E-state index in [-0.39, 0.29) is 16.3 Å². The van der Waals surface area contributed by atoms with Crippen molar-refractivity contribution < 1.29 is 23.1 Å². The number of sulfone groups is 1. The molecule has 106 valence electrons. The van der Waals surface area contributed by atoms with E-state index in [4.69, 9.17) is 4.74 Å². The predicted octanol–water partition coefficient (Wildman–Crippen LogP) is 2.14. The summed E-state index contributed by atoms with van der Waals surface area (Å²) in [4.78, 5) is 11.5. The highest BCUT2D eigenvalue weighted by molar-refractivity contribution is 7.90. The van der Waals surface area contributed by atoms with Crippen molar-refractivity contribution in [2.45, 2.75) is 31.3 Å². The third-order valence-corrected chi connectivity index (χ3v) is 3.14. The fourth-order valence-corrected chi connectivity index (χ4v) is 1.91. The van der Waals surface area contributed by atoms with Crippen molar-refractivity contribution in [2.75, 3.05) is 11.6 Å². The van der Waals surface area contributed by atoms with Gasteiger partial charge in [-0.1, -0.05) is 0 Å². The first-order valence-electron chi connectivity index (χ1n) is 5.52. The average Bonchev–Trinajstić information content (AvgIpc) is 2.16. The van der Waals surface area contributed by atoms with Crippen LogP contribution in [0.25, 0.3) is 0 Å². The van der Waals surface area contributed by atoms with Crippen LogP contribution in [0.1, 0.15) is 20.8 Å². The van der Waals surface area contributed by atoms with Crippen LogP contribution in [0.15, 0.2) is 23.1 Å². The van der Waals surface area contributed by atoms with Crippen LogP contribution < -0.4 is 5.32 Å². The summed E-state index contributed by atoms with van der Waals surface area (Å²) in [6, 6.07) is 3.63. The van der Waals surface area contributed by atoms with Crippen molar-refractivity contribution in [1.82, 2.24) is 0 Å². The highest BCUT2D eigenvalue weighted by Crippen LogP contribution is 2.26. The van der Waals surface area contributed by atoms with Crippen molar-refractivity contribution in [2.24, 2.45) is 0 Å². The molecule has 0 aliphatic heterocycles. The Hall–Kier alpha value is -1.76. The normalized spacial score (nSPS) is 12.0. The Morgan fingerprint density at radius 3 is 2.37 bits per heavy atom. The molecule has 0 bridgehead atoms. The van der Waals surface area contributed by atoms with E-state index in [9.17, 15) is 18.3 Å². The molecule has 1 amide bonds. The largest absolute Gasteiger partial charge is 0.506 e. The Labute approximate surface area is 112 Å². The smallest absolute Gasteiger partial charge is 0.412 e. The molecule has 0 radical (unpaired) electrons. The van der Waals surface area contributed by atoms with Gasteiger partial charge in [0.15, 0.2) is 9.84 Å². The van der Waals surface area contributed by atoms with E-state index in [0.717, 1.165) is 6.26 Å². The number of phenolic OH excluding ortho intramolecular Hbond substituents is 1. The second-order valence-electron chi connectivity index (χ2n) is 5.08. The molecular formula is C12H17NO5S. The molecule has 0 aromatic heterocycles. The van der Waals surface area contributed by atoms with Gasteiger partial charge in [-0.25, -0.2) is 13.2 Å². The molecule has 0 heterocycles. The number of carbonyl (C=O) groups is 1. The van der Waals surface area contributed by atoms with E-state index >= 15 is 0 Å². The van der Waals surface area contributed by atoms with Crippen molar-refractivity contribution in [3.05, 3.63) is 18.2 Å². The van der Waals surface area contributed by atoms with Gasteiger partial charge in [0, 0.05) is 6.26 Å². The van der Waals surface area contributed by atoms with Crippen molar-refractivity contribution in [1.29, 1.82) is 0 Å². The highest BCUT2D eigenvalue weighted by atomic mass is 32.2. The first kappa shape index (κ1) is 15.3. The number of phenols is 1. The quantitative estimate of drug-likeness (QED) is 0.813. The molecule has 1 aromatic carbocycles. The van der Waals surface area contributed by atoms with E-state index in [1.165, 1.54) is 18.2 Å². The van der Waals surface area contributed by atoms with Gasteiger partial charge in [-0.15, -0.1) is 0 Å². The monoisotopic (exact) mass is 287 g/mol. The SMILES string of the molecule is CC(C)(C)OC(=O)Nc1cc(S(C)(=O)=O)ccc1O. The number of anilines is 1. The van der Waals surface area contributed by atoms with Crippen LogP contribution in [0.4, 0.5) is 10.5 Å². The Bertz CT molecular complexity index is 587. The van der Waals surface area contributed by atoms with E-state index in [1.54, 1.807) is 20.8 Å². The molecule has 0 spiro atoms. The van der Waals surface area contributed by atoms with Gasteiger partial charge in [-0.05, 0) is 39.0 Å². The zero-order valence-corrected chi connectivity index (χ0v) is 12.0. The molecule has 0 saturated carbocycles. The molecule has 0 saturated heterocycles. The average molecular weight is 287 g/mol. The Morgan fingerprint density at radius 2 is 1.89 bits per heavy atom. The number of nitrogens with one attached hydrogen (secondary N) is 1. The number of rotatable bonds is 2. The van der Waals surface area contributed by atoms with Gasteiger partial charge in [0.05, 0.1) is 10.6 Å². The summed E-state index contributed by atoms with van der Waals surface area (Å²) >= 11 is 0. The van der Waals surface area contributed by atoms with E-state index < -0.39 is 21.5 Å². The van der Waals surface area contributed by atoms with Gasteiger partial charge in [0.2, 0.25) is 0 Å². The lowest BCUT2D eigenvalue weighted by Crippen LogP contribution is -2.27. The fourth-order valence-electron chi connectivity index (χ4n) is 1.26. The maximum absolute atomic E-state index is 11.5. The molecule has 19 heavy (non-hydrogen) atoms. The lowest BCUT2D eigenvalue weighted by Gasteiger charge is -2.20. The maximum atomic E-state index is 11.5. The number of benzene rings is 1. The van der Waals surface area contributed by atoms with Crippen LogP contribution in [0.5, 0.6) is 5.75 Å². The number of hydrogen-bond acceptors (Lipinski definition) is 5. The summed E-state index contributed by atoms with van der Waals surface area (Å²) < 4.78 is 27.8. The zero-order chi connectivity index (χ0) is 14.8. The third kappa shape index (κ3) is 4.78. The molecular weight excluding hydrogens is 270 g/mol. The molecule has 1 rings (SSSR count). The Kier molecular flexibility index (Phi) is 4.09. The second kappa shape index (κ2) is 5.08. The van der Waals surface area contributed by atoms with Crippen molar-refractivity contribution in [3.63, 3.8) is 0 Å². The van der Waals surface area contributed by atoms with Crippen molar-refractivity contribution in [3.8, 4) is 5.75 Å². The van der Waals surface area contributed by atoms with Gasteiger partial charge >= 0.3 is 6.09 Å². The lowest BCUT2D eigenvalue weighted by molar-refractivity contribution is 0.0635. The molecule has 1 aromatic rings. The van der Waals surface area contributed by atoms with Gasteiger partial charge in [0.1, 0.15) is 11.4 Å². The molecule has 6 nitrogen and oxygen atoms in total. The van der Waals surface area contributed by atoms with Gasteiger partial charge in [-0.2, -0.15) is 0 Å². The summed E-state index contributed by atoms with van der Waals surface area (Å²) in [5, 5.41) is 11.9. The highest BCUT2D eigenvalue weighted by Gasteiger charge is 2.18. The van der Waals surface area contributed by atoms with Crippen LogP contribution in [-0.2, 0) is 14.6 Å². The number of amides is 1. The van der Waals surface area contributed by atoms with Gasteiger partial charge in [-0.3, -0.25) is 5.32 Å². The standard InChI is InChI=1S/C12H17NO5S/c1-12(2,3)18-11(15)13-9-7-8(19(4,16)17)5-6-10(9)14/h5-7,14H,1-4H3,(H,13,15). The molecule has 0 aliphatic rings. The van der Waals surface area contributed by atoms with Crippen molar-refractivity contribution >= 4 is 21.6 Å². The van der Waals surface area contributed by atoms with E-state index in [2.05, 4.69) is 5.32 Å². The number of hydrogen-bond donors (Lipinski definition) is 2. The summed E-state index contributed by atoms with van der Waals surface area (Å²) in [6.45, 7) is 5.08. The molecule has 7 heteroatoms. The van der Waals surface area contributed by atoms with Crippen LogP contribution in [0.2, 0.25) is 0 Å². The van der Waals surface area contributed by atoms with Crippen LogP contribution in [0, 0.1) is 0 Å². The minimum atomic E-state index is -3.42. The Balaban J connectivity index is 2.99.